The van der Waals surface area contributed by atoms with Crippen molar-refractivity contribution in [2.24, 2.45) is 5.73 Å². The van der Waals surface area contributed by atoms with Crippen molar-refractivity contribution in [3.63, 3.8) is 0 Å². The van der Waals surface area contributed by atoms with E-state index in [0.29, 0.717) is 13.2 Å². The first kappa shape index (κ1) is 14.6. The average Bonchev–Trinajstić information content (AvgIpc) is 2.95. The van der Waals surface area contributed by atoms with E-state index < -0.39 is 0 Å². The minimum atomic E-state index is 0.0317. The van der Waals surface area contributed by atoms with E-state index in [0.717, 1.165) is 30.7 Å². The van der Waals surface area contributed by atoms with Crippen molar-refractivity contribution in [2.75, 3.05) is 19.7 Å². The highest BCUT2D eigenvalue weighted by Crippen LogP contribution is 2.21. The predicted octanol–water partition coefficient (Wildman–Crippen LogP) is 2.05. The highest BCUT2D eigenvalue weighted by Gasteiger charge is 2.25. The summed E-state index contributed by atoms with van der Waals surface area (Å²) in [6.45, 7) is 3.90. The number of para-hydroxylation sites is 1. The molecule has 0 bridgehead atoms. The van der Waals surface area contributed by atoms with Gasteiger partial charge in [0.1, 0.15) is 5.75 Å². The lowest BCUT2D eigenvalue weighted by molar-refractivity contribution is -0.126. The second-order valence-corrected chi connectivity index (χ2v) is 4.87. The summed E-state index contributed by atoms with van der Waals surface area (Å²) in [5.41, 5.74) is 6.62. The Labute approximate surface area is 120 Å². The van der Waals surface area contributed by atoms with Gasteiger partial charge in [0.2, 0.25) is 5.91 Å². The minimum Gasteiger partial charge on any atom is -0.493 e. The van der Waals surface area contributed by atoms with Gasteiger partial charge in [0.25, 0.3) is 0 Å². The Morgan fingerprint density at radius 2 is 2.30 bits per heavy atom. The Morgan fingerprint density at radius 3 is 3.05 bits per heavy atom. The first-order valence-electron chi connectivity index (χ1n) is 7.16. The van der Waals surface area contributed by atoms with E-state index in [-0.39, 0.29) is 11.9 Å². The van der Waals surface area contributed by atoms with Gasteiger partial charge in [-0.05, 0) is 31.9 Å². The molecule has 1 heterocycles. The van der Waals surface area contributed by atoms with Crippen LogP contribution in [-0.4, -0.2) is 36.5 Å². The summed E-state index contributed by atoms with van der Waals surface area (Å²) in [5, 5.41) is 0. The van der Waals surface area contributed by atoms with Crippen molar-refractivity contribution in [3.8, 4) is 5.75 Å². The van der Waals surface area contributed by atoms with Crippen LogP contribution < -0.4 is 10.5 Å². The van der Waals surface area contributed by atoms with Gasteiger partial charge in [0, 0.05) is 30.8 Å². The van der Waals surface area contributed by atoms with Crippen LogP contribution in [0.1, 0.15) is 25.3 Å². The van der Waals surface area contributed by atoms with Crippen LogP contribution in [0, 0.1) is 0 Å². The van der Waals surface area contributed by atoms with E-state index in [9.17, 15) is 4.79 Å². The predicted molar refractivity (Wildman–Crippen MR) is 80.4 cm³/mol. The van der Waals surface area contributed by atoms with E-state index in [4.69, 9.17) is 10.5 Å². The SMILES string of the molecule is CCOc1ccccc1C=CC(=O)N1CCCC1CN. The molecule has 0 aliphatic carbocycles. The lowest BCUT2D eigenvalue weighted by Crippen LogP contribution is -2.38. The molecule has 2 N–H and O–H groups in total. The van der Waals surface area contributed by atoms with Crippen LogP contribution in [0.3, 0.4) is 0 Å². The van der Waals surface area contributed by atoms with Crippen molar-refractivity contribution in [2.45, 2.75) is 25.8 Å². The van der Waals surface area contributed by atoms with Gasteiger partial charge in [0.05, 0.1) is 6.61 Å². The monoisotopic (exact) mass is 274 g/mol. The summed E-state index contributed by atoms with van der Waals surface area (Å²) in [5.74, 6) is 0.833. The third-order valence-electron chi connectivity index (χ3n) is 3.56. The molecule has 0 aromatic heterocycles. The topological polar surface area (TPSA) is 55.6 Å². The number of nitrogens with zero attached hydrogens (tertiary/aromatic N) is 1. The second-order valence-electron chi connectivity index (χ2n) is 4.87. The fourth-order valence-electron chi connectivity index (χ4n) is 2.53. The average molecular weight is 274 g/mol. The van der Waals surface area contributed by atoms with Gasteiger partial charge in [-0.15, -0.1) is 0 Å². The van der Waals surface area contributed by atoms with E-state index in [1.807, 2.05) is 42.2 Å². The molecule has 0 saturated carbocycles. The third kappa shape index (κ3) is 3.39. The zero-order valence-corrected chi connectivity index (χ0v) is 11.9. The molecule has 4 heteroatoms. The Hall–Kier alpha value is -1.81. The number of hydrogen-bond donors (Lipinski definition) is 1. The molecule has 1 aromatic carbocycles. The van der Waals surface area contributed by atoms with E-state index in [2.05, 4.69) is 0 Å². The number of carbonyl (C=O) groups excluding carboxylic acids is 1. The van der Waals surface area contributed by atoms with Crippen LogP contribution in [0.15, 0.2) is 30.3 Å². The molecular weight excluding hydrogens is 252 g/mol. The Bertz CT molecular complexity index is 485. The summed E-state index contributed by atoms with van der Waals surface area (Å²) >= 11 is 0. The summed E-state index contributed by atoms with van der Waals surface area (Å²) in [4.78, 5) is 14.1. The zero-order chi connectivity index (χ0) is 14.4. The number of nitrogens with two attached hydrogens (primary N) is 1. The maximum atomic E-state index is 12.2. The Kier molecular flexibility index (Phi) is 5.18. The fraction of sp³-hybridized carbons (Fsp3) is 0.438. The number of rotatable bonds is 5. The van der Waals surface area contributed by atoms with Crippen molar-refractivity contribution in [3.05, 3.63) is 35.9 Å². The van der Waals surface area contributed by atoms with Gasteiger partial charge in [-0.1, -0.05) is 18.2 Å². The molecule has 1 saturated heterocycles. The van der Waals surface area contributed by atoms with Crippen LogP contribution >= 0.6 is 0 Å². The van der Waals surface area contributed by atoms with E-state index in [1.54, 1.807) is 6.08 Å². The molecule has 1 aliphatic rings. The lowest BCUT2D eigenvalue weighted by Gasteiger charge is -2.21. The molecule has 4 nitrogen and oxygen atoms in total. The van der Waals surface area contributed by atoms with Crippen molar-refractivity contribution in [1.82, 2.24) is 4.90 Å². The smallest absolute Gasteiger partial charge is 0.246 e. The van der Waals surface area contributed by atoms with Gasteiger partial charge in [-0.2, -0.15) is 0 Å². The van der Waals surface area contributed by atoms with Gasteiger partial charge >= 0.3 is 0 Å². The van der Waals surface area contributed by atoms with Crippen LogP contribution in [0.25, 0.3) is 6.08 Å². The largest absolute Gasteiger partial charge is 0.493 e. The number of likely N-dealkylation sites (tertiary alicyclic amines) is 1. The molecular formula is C16H22N2O2. The number of benzene rings is 1. The Balaban J connectivity index is 2.07. The van der Waals surface area contributed by atoms with Crippen LogP contribution in [0.2, 0.25) is 0 Å². The van der Waals surface area contributed by atoms with Crippen molar-refractivity contribution in [1.29, 1.82) is 0 Å². The van der Waals surface area contributed by atoms with Gasteiger partial charge in [0.15, 0.2) is 0 Å². The lowest BCUT2D eigenvalue weighted by atomic mass is 10.2. The maximum absolute atomic E-state index is 12.2. The molecule has 2 rings (SSSR count). The normalized spacial score (nSPS) is 18.7. The molecule has 0 spiro atoms. The fourth-order valence-corrected chi connectivity index (χ4v) is 2.53. The molecule has 1 amide bonds. The Morgan fingerprint density at radius 1 is 1.50 bits per heavy atom. The van der Waals surface area contributed by atoms with E-state index >= 15 is 0 Å². The number of amides is 1. The summed E-state index contributed by atoms with van der Waals surface area (Å²) in [7, 11) is 0. The molecule has 1 aromatic rings. The first-order valence-corrected chi connectivity index (χ1v) is 7.16. The van der Waals surface area contributed by atoms with Crippen LogP contribution in [0.5, 0.6) is 5.75 Å². The highest BCUT2D eigenvalue weighted by atomic mass is 16.5. The summed E-state index contributed by atoms with van der Waals surface area (Å²) in [6, 6.07) is 7.90. The molecule has 1 fully saturated rings. The van der Waals surface area contributed by atoms with Gasteiger partial charge in [-0.3, -0.25) is 4.79 Å². The summed E-state index contributed by atoms with van der Waals surface area (Å²) in [6.07, 6.45) is 5.48. The number of hydrogen-bond acceptors (Lipinski definition) is 3. The zero-order valence-electron chi connectivity index (χ0n) is 11.9. The molecule has 1 atom stereocenters. The quantitative estimate of drug-likeness (QED) is 0.836. The number of carbonyl (C=O) groups is 1. The maximum Gasteiger partial charge on any atom is 0.246 e. The highest BCUT2D eigenvalue weighted by molar-refractivity contribution is 5.92. The third-order valence-corrected chi connectivity index (χ3v) is 3.56. The van der Waals surface area contributed by atoms with Crippen molar-refractivity contribution < 1.29 is 9.53 Å². The second kappa shape index (κ2) is 7.10. The number of ether oxygens (including phenoxy) is 1. The standard InChI is InChI=1S/C16H22N2O2/c1-2-20-15-8-4-3-6-13(15)9-10-16(19)18-11-5-7-14(18)12-17/h3-4,6,8-10,14H,2,5,7,11-12,17H2,1H3. The van der Waals surface area contributed by atoms with Crippen LogP contribution in [-0.2, 0) is 4.79 Å². The molecule has 0 radical (unpaired) electrons. The molecule has 20 heavy (non-hydrogen) atoms. The molecule has 1 unspecified atom stereocenters. The van der Waals surface area contributed by atoms with Crippen molar-refractivity contribution >= 4 is 12.0 Å². The first-order chi connectivity index (χ1) is 9.76. The van der Waals surface area contributed by atoms with E-state index in [1.165, 1.54) is 0 Å². The van der Waals surface area contributed by atoms with Crippen LogP contribution in [0.4, 0.5) is 0 Å². The molecule has 108 valence electrons. The molecule has 1 aliphatic heterocycles. The minimum absolute atomic E-state index is 0.0317. The van der Waals surface area contributed by atoms with Gasteiger partial charge in [-0.25, -0.2) is 0 Å². The van der Waals surface area contributed by atoms with Gasteiger partial charge < -0.3 is 15.4 Å². The summed E-state index contributed by atoms with van der Waals surface area (Å²) < 4.78 is 5.54.